The van der Waals surface area contributed by atoms with Gasteiger partial charge >= 0.3 is 6.03 Å². The molecule has 3 heterocycles. The molecule has 136 valence electrons. The molecule has 2 amide bonds. The van der Waals surface area contributed by atoms with Crippen LogP contribution in [0, 0.1) is 5.92 Å². The third-order valence-electron chi connectivity index (χ3n) is 5.54. The minimum Gasteiger partial charge on any atom is -0.372 e. The number of amides is 2. The van der Waals surface area contributed by atoms with Gasteiger partial charge in [0, 0.05) is 25.6 Å². The fourth-order valence-electron chi connectivity index (χ4n) is 3.98. The van der Waals surface area contributed by atoms with Gasteiger partial charge in [-0.1, -0.05) is 18.2 Å². The van der Waals surface area contributed by atoms with E-state index in [1.54, 1.807) is 0 Å². The zero-order valence-corrected chi connectivity index (χ0v) is 14.8. The smallest absolute Gasteiger partial charge is 0.317 e. The van der Waals surface area contributed by atoms with Crippen LogP contribution in [0.15, 0.2) is 18.2 Å². The van der Waals surface area contributed by atoms with Gasteiger partial charge in [-0.05, 0) is 36.5 Å². The van der Waals surface area contributed by atoms with Gasteiger partial charge in [0.2, 0.25) is 0 Å². The summed E-state index contributed by atoms with van der Waals surface area (Å²) < 4.78 is 17.0. The van der Waals surface area contributed by atoms with Crippen LogP contribution < -0.4 is 5.32 Å². The molecule has 1 aromatic rings. The summed E-state index contributed by atoms with van der Waals surface area (Å²) >= 11 is 0. The molecule has 0 spiro atoms. The van der Waals surface area contributed by atoms with Crippen LogP contribution in [0.4, 0.5) is 4.79 Å². The number of nitrogens with zero attached hydrogens (tertiary/aromatic N) is 1. The summed E-state index contributed by atoms with van der Waals surface area (Å²) in [5.41, 5.74) is 3.59. The molecule has 1 N–H and O–H groups in total. The number of hydrogen-bond donors (Lipinski definition) is 1. The Morgan fingerprint density at radius 2 is 2.08 bits per heavy atom. The molecule has 0 saturated carbocycles. The van der Waals surface area contributed by atoms with E-state index in [2.05, 4.69) is 23.5 Å². The summed E-state index contributed by atoms with van der Waals surface area (Å²) in [5.74, 6) is -0.314. The van der Waals surface area contributed by atoms with Crippen molar-refractivity contribution in [2.45, 2.75) is 45.3 Å². The Morgan fingerprint density at radius 1 is 1.28 bits per heavy atom. The van der Waals surface area contributed by atoms with Gasteiger partial charge in [-0.2, -0.15) is 0 Å². The van der Waals surface area contributed by atoms with Crippen LogP contribution in [0.2, 0.25) is 0 Å². The van der Waals surface area contributed by atoms with E-state index >= 15 is 0 Å². The van der Waals surface area contributed by atoms with E-state index in [9.17, 15) is 4.79 Å². The van der Waals surface area contributed by atoms with E-state index in [4.69, 9.17) is 14.2 Å². The fraction of sp³-hybridized carbons (Fsp3) is 0.632. The van der Waals surface area contributed by atoms with Crippen molar-refractivity contribution >= 4 is 6.03 Å². The Kier molecular flexibility index (Phi) is 4.67. The maximum absolute atomic E-state index is 12.6. The first-order chi connectivity index (χ1) is 12.1. The molecule has 3 aliphatic heterocycles. The lowest BCUT2D eigenvalue weighted by Crippen LogP contribution is -2.51. The minimum atomic E-state index is -0.543. The highest BCUT2D eigenvalue weighted by Gasteiger charge is 2.42. The average molecular weight is 346 g/mol. The summed E-state index contributed by atoms with van der Waals surface area (Å²) in [4.78, 5) is 14.5. The van der Waals surface area contributed by atoms with E-state index < -0.39 is 5.79 Å². The van der Waals surface area contributed by atoms with E-state index in [0.29, 0.717) is 39.5 Å². The number of rotatable bonds is 3. The molecular weight excluding hydrogens is 320 g/mol. The SMILES string of the molecule is CC1(C2CCCN(C(=O)NCc3ccc4c(c3)COC4)C2)OCCO1. The molecule has 0 bridgehead atoms. The number of carbonyl (C=O) groups excluding carboxylic acids is 1. The van der Waals surface area contributed by atoms with Gasteiger partial charge in [0.1, 0.15) is 0 Å². The van der Waals surface area contributed by atoms with Gasteiger partial charge < -0.3 is 24.4 Å². The van der Waals surface area contributed by atoms with Crippen molar-refractivity contribution in [3.8, 4) is 0 Å². The van der Waals surface area contributed by atoms with Crippen molar-refractivity contribution in [1.82, 2.24) is 10.2 Å². The molecule has 2 fully saturated rings. The normalized spacial score (nSPS) is 25.0. The van der Waals surface area contributed by atoms with Gasteiger partial charge in [0.25, 0.3) is 0 Å². The van der Waals surface area contributed by atoms with Crippen molar-refractivity contribution in [2.75, 3.05) is 26.3 Å². The molecule has 0 aromatic heterocycles. The quantitative estimate of drug-likeness (QED) is 0.913. The zero-order valence-electron chi connectivity index (χ0n) is 14.8. The number of fused-ring (bicyclic) bond motifs is 1. The minimum absolute atomic E-state index is 0.0111. The van der Waals surface area contributed by atoms with Gasteiger partial charge in [-0.25, -0.2) is 4.79 Å². The first kappa shape index (κ1) is 16.8. The van der Waals surface area contributed by atoms with Crippen LogP contribution in [-0.2, 0) is 34.0 Å². The lowest BCUT2D eigenvalue weighted by atomic mass is 9.90. The van der Waals surface area contributed by atoms with Gasteiger partial charge in [-0.15, -0.1) is 0 Å². The number of ether oxygens (including phenoxy) is 3. The van der Waals surface area contributed by atoms with Gasteiger partial charge in [-0.3, -0.25) is 0 Å². The van der Waals surface area contributed by atoms with Crippen LogP contribution in [-0.4, -0.2) is 43.0 Å². The van der Waals surface area contributed by atoms with Crippen LogP contribution in [0.5, 0.6) is 0 Å². The van der Waals surface area contributed by atoms with E-state index in [-0.39, 0.29) is 11.9 Å². The molecule has 1 atom stereocenters. The average Bonchev–Trinajstić information content (AvgIpc) is 3.29. The molecule has 4 rings (SSSR count). The maximum Gasteiger partial charge on any atom is 0.317 e. The van der Waals surface area contributed by atoms with Crippen molar-refractivity contribution in [2.24, 2.45) is 5.92 Å². The predicted octanol–water partition coefficient (Wildman–Crippen LogP) is 2.40. The van der Waals surface area contributed by atoms with Crippen LogP contribution in [0.25, 0.3) is 0 Å². The summed E-state index contributed by atoms with van der Waals surface area (Å²) in [6.07, 6.45) is 2.02. The number of carbonyl (C=O) groups is 1. The lowest BCUT2D eigenvalue weighted by Gasteiger charge is -2.39. The Hall–Kier alpha value is -1.63. The second-order valence-corrected chi connectivity index (χ2v) is 7.25. The van der Waals surface area contributed by atoms with Gasteiger partial charge in [0.05, 0.1) is 26.4 Å². The Balaban J connectivity index is 1.33. The second kappa shape index (κ2) is 6.94. The fourth-order valence-corrected chi connectivity index (χ4v) is 3.98. The molecular formula is C19H26N2O4. The standard InChI is InChI=1S/C19H26N2O4/c1-19(24-7-8-25-19)17-3-2-6-21(11-17)18(22)20-10-14-4-5-15-12-23-13-16(15)9-14/h4-5,9,17H,2-3,6-8,10-13H2,1H3,(H,20,22). The Morgan fingerprint density at radius 3 is 2.92 bits per heavy atom. The number of hydrogen-bond acceptors (Lipinski definition) is 4. The van der Waals surface area contributed by atoms with Crippen molar-refractivity contribution in [3.63, 3.8) is 0 Å². The molecule has 1 unspecified atom stereocenters. The van der Waals surface area contributed by atoms with Crippen molar-refractivity contribution in [3.05, 3.63) is 34.9 Å². The van der Waals surface area contributed by atoms with E-state index in [1.807, 2.05) is 11.8 Å². The Bertz CT molecular complexity index is 642. The number of benzene rings is 1. The van der Waals surface area contributed by atoms with Crippen molar-refractivity contribution < 1.29 is 19.0 Å². The first-order valence-electron chi connectivity index (χ1n) is 9.13. The molecule has 1 aromatic carbocycles. The van der Waals surface area contributed by atoms with Crippen molar-refractivity contribution in [1.29, 1.82) is 0 Å². The molecule has 6 heteroatoms. The zero-order chi connectivity index (χ0) is 17.3. The summed E-state index contributed by atoms with van der Waals surface area (Å²) in [5, 5.41) is 3.05. The summed E-state index contributed by atoms with van der Waals surface area (Å²) in [6.45, 7) is 6.65. The molecule has 25 heavy (non-hydrogen) atoms. The molecule has 2 saturated heterocycles. The first-order valence-corrected chi connectivity index (χ1v) is 9.13. The number of piperidine rings is 1. The predicted molar refractivity (Wildman–Crippen MR) is 91.8 cm³/mol. The van der Waals surface area contributed by atoms with Crippen LogP contribution >= 0.6 is 0 Å². The molecule has 0 aliphatic carbocycles. The topological polar surface area (TPSA) is 60.0 Å². The monoisotopic (exact) mass is 346 g/mol. The molecule has 0 radical (unpaired) electrons. The number of nitrogens with one attached hydrogen (secondary N) is 1. The van der Waals surface area contributed by atoms with E-state index in [1.165, 1.54) is 11.1 Å². The highest BCUT2D eigenvalue weighted by molar-refractivity contribution is 5.74. The third-order valence-corrected chi connectivity index (χ3v) is 5.54. The second-order valence-electron chi connectivity index (χ2n) is 7.25. The summed E-state index contributed by atoms with van der Waals surface area (Å²) in [7, 11) is 0. The molecule has 6 nitrogen and oxygen atoms in total. The highest BCUT2D eigenvalue weighted by atomic mass is 16.7. The largest absolute Gasteiger partial charge is 0.372 e. The summed E-state index contributed by atoms with van der Waals surface area (Å²) in [6, 6.07) is 6.27. The van der Waals surface area contributed by atoms with Crippen LogP contribution in [0.3, 0.4) is 0 Å². The number of likely N-dealkylation sites (tertiary alicyclic amines) is 1. The van der Waals surface area contributed by atoms with Gasteiger partial charge in [0.15, 0.2) is 5.79 Å². The number of urea groups is 1. The van der Waals surface area contributed by atoms with Crippen LogP contribution in [0.1, 0.15) is 36.5 Å². The molecule has 3 aliphatic rings. The highest BCUT2D eigenvalue weighted by Crippen LogP contribution is 2.34. The van der Waals surface area contributed by atoms with E-state index in [0.717, 1.165) is 24.9 Å². The Labute approximate surface area is 148 Å². The third kappa shape index (κ3) is 3.52. The maximum atomic E-state index is 12.6. The lowest BCUT2D eigenvalue weighted by molar-refractivity contribution is -0.189.